The van der Waals surface area contributed by atoms with E-state index in [1.54, 1.807) is 0 Å². The number of nitrogens with one attached hydrogen (secondary N) is 1. The molecular formula is C14H29N3O7S2. The molecule has 0 amide bonds. The third kappa shape index (κ3) is 11.2. The number of hydrogen-bond donors (Lipinski definition) is 4. The second kappa shape index (κ2) is 11.3. The van der Waals surface area contributed by atoms with Crippen molar-refractivity contribution >= 4 is 31.8 Å². The van der Waals surface area contributed by atoms with Crippen LogP contribution in [-0.2, 0) is 26.8 Å². The van der Waals surface area contributed by atoms with Crippen LogP contribution in [-0.4, -0.2) is 57.3 Å². The molecule has 1 rings (SSSR count). The fraction of sp³-hybridized carbons (Fsp3) is 0.571. The zero-order valence-corrected chi connectivity index (χ0v) is 17.0. The van der Waals surface area contributed by atoms with Crippen LogP contribution in [0.3, 0.4) is 0 Å². The number of likely N-dealkylation sites (N-methyl/N-ethyl adjacent to an activating group) is 1. The van der Waals surface area contributed by atoms with Crippen molar-refractivity contribution in [3.63, 3.8) is 0 Å². The first-order chi connectivity index (χ1) is 11.3. The Hall–Kier alpha value is -1.44. The molecule has 0 aliphatic carbocycles. The van der Waals surface area contributed by atoms with Gasteiger partial charge in [0.1, 0.15) is 0 Å². The normalized spacial score (nSPS) is 11.2. The molecule has 10 nitrogen and oxygen atoms in total. The number of nitrogens with zero attached hydrogens (tertiary/aromatic N) is 1. The molecule has 0 atom stereocenters. The molecule has 1 aromatic rings. The molecule has 0 aliphatic rings. The van der Waals surface area contributed by atoms with E-state index in [2.05, 4.69) is 23.5 Å². The van der Waals surface area contributed by atoms with Gasteiger partial charge in [-0.15, -0.1) is 0 Å². The summed E-state index contributed by atoms with van der Waals surface area (Å²) in [6, 6.07) is 3.93. The van der Waals surface area contributed by atoms with Crippen molar-refractivity contribution in [3.05, 3.63) is 23.3 Å². The van der Waals surface area contributed by atoms with Gasteiger partial charge in [0.15, 0.2) is 0 Å². The van der Waals surface area contributed by atoms with E-state index < -0.39 is 20.4 Å². The van der Waals surface area contributed by atoms with Gasteiger partial charge >= 0.3 is 10.4 Å². The molecule has 0 aromatic heterocycles. The summed E-state index contributed by atoms with van der Waals surface area (Å²) in [6.45, 7) is 8.06. The van der Waals surface area contributed by atoms with Crippen LogP contribution in [0, 0.1) is 6.92 Å². The van der Waals surface area contributed by atoms with Gasteiger partial charge < -0.3 is 16.1 Å². The van der Waals surface area contributed by atoms with Gasteiger partial charge in [0, 0.05) is 31.0 Å². The van der Waals surface area contributed by atoms with E-state index in [9.17, 15) is 8.42 Å². The predicted molar refractivity (Wildman–Crippen MR) is 103 cm³/mol. The molecule has 0 saturated heterocycles. The fourth-order valence-electron chi connectivity index (χ4n) is 2.32. The van der Waals surface area contributed by atoms with Crippen LogP contribution < -0.4 is 15.4 Å². The van der Waals surface area contributed by atoms with Crippen molar-refractivity contribution in [2.24, 2.45) is 0 Å². The number of nitrogen functional groups attached to an aromatic ring is 1. The lowest BCUT2D eigenvalue weighted by Gasteiger charge is -2.27. The maximum atomic E-state index is 11.1. The van der Waals surface area contributed by atoms with Crippen molar-refractivity contribution in [1.82, 2.24) is 4.72 Å². The summed E-state index contributed by atoms with van der Waals surface area (Å²) in [5.41, 5.74) is 10.2. The Morgan fingerprint density at radius 2 is 1.65 bits per heavy atom. The van der Waals surface area contributed by atoms with Gasteiger partial charge in [0.2, 0.25) is 10.0 Å². The minimum absolute atomic E-state index is 0. The molecule has 26 heavy (non-hydrogen) atoms. The lowest BCUT2D eigenvalue weighted by atomic mass is 10.0. The Balaban J connectivity index is 0. The number of hydrogen-bond acceptors (Lipinski definition) is 6. The van der Waals surface area contributed by atoms with Crippen molar-refractivity contribution in [3.8, 4) is 0 Å². The lowest BCUT2D eigenvalue weighted by Crippen LogP contribution is -2.35. The summed E-state index contributed by atoms with van der Waals surface area (Å²) in [5.74, 6) is 0. The number of anilines is 2. The molecule has 0 saturated carbocycles. The molecule has 0 heterocycles. The molecular weight excluding hydrogens is 386 g/mol. The Kier molecular flexibility index (Phi) is 11.7. The Labute approximate surface area is 155 Å². The van der Waals surface area contributed by atoms with Crippen LogP contribution in [0.25, 0.3) is 0 Å². The standard InChI is InChI=1S/C14H25N3O2S.H2O4S.H2O/c1-5-12-11(3)13(15)7-8-14(12)17(6-2)10-9-16-20(4,18)19;1-5(2,3)4;/h7-8,16H,5-6,9-10,15H2,1-4H3;(H2,1,2,3,4);1H2. The van der Waals surface area contributed by atoms with Gasteiger partial charge in [-0.3, -0.25) is 9.11 Å². The van der Waals surface area contributed by atoms with Crippen molar-refractivity contribution in [2.75, 3.05) is 36.5 Å². The Bertz CT molecular complexity index is 757. The van der Waals surface area contributed by atoms with Crippen LogP contribution in [0.5, 0.6) is 0 Å². The van der Waals surface area contributed by atoms with E-state index in [1.807, 2.05) is 19.1 Å². The number of benzene rings is 1. The highest BCUT2D eigenvalue weighted by Gasteiger charge is 2.13. The zero-order chi connectivity index (χ0) is 19.8. The monoisotopic (exact) mass is 415 g/mol. The lowest BCUT2D eigenvalue weighted by molar-refractivity contribution is 0.381. The minimum Gasteiger partial charge on any atom is -0.412 e. The van der Waals surface area contributed by atoms with Gasteiger partial charge in [-0.05, 0) is 43.5 Å². The van der Waals surface area contributed by atoms with Gasteiger partial charge in [0.25, 0.3) is 0 Å². The van der Waals surface area contributed by atoms with E-state index in [-0.39, 0.29) is 5.48 Å². The first-order valence-electron chi connectivity index (χ1n) is 7.57. The number of nitrogens with two attached hydrogens (primary N) is 1. The summed E-state index contributed by atoms with van der Waals surface area (Å²) < 4.78 is 56.3. The molecule has 0 fully saturated rings. The van der Waals surface area contributed by atoms with Crippen molar-refractivity contribution in [1.29, 1.82) is 0 Å². The summed E-state index contributed by atoms with van der Waals surface area (Å²) in [5, 5.41) is 0. The smallest absolute Gasteiger partial charge is 0.394 e. The van der Waals surface area contributed by atoms with E-state index in [1.165, 1.54) is 11.8 Å². The van der Waals surface area contributed by atoms with Crippen LogP contribution in [0.15, 0.2) is 12.1 Å². The summed E-state index contributed by atoms with van der Waals surface area (Å²) in [4.78, 5) is 2.17. The van der Waals surface area contributed by atoms with Gasteiger partial charge in [-0.25, -0.2) is 13.1 Å². The first kappa shape index (κ1) is 26.8. The molecule has 154 valence electrons. The summed E-state index contributed by atoms with van der Waals surface area (Å²) in [6.07, 6.45) is 2.08. The molecule has 1 aromatic carbocycles. The molecule has 0 aliphatic heterocycles. The fourth-order valence-corrected chi connectivity index (χ4v) is 2.78. The molecule has 0 bridgehead atoms. The highest BCUT2D eigenvalue weighted by molar-refractivity contribution is 7.88. The topological polar surface area (TPSA) is 182 Å². The van der Waals surface area contributed by atoms with Crippen LogP contribution in [0.1, 0.15) is 25.0 Å². The average molecular weight is 416 g/mol. The summed E-state index contributed by atoms with van der Waals surface area (Å²) in [7, 11) is -7.80. The van der Waals surface area contributed by atoms with Gasteiger partial charge in [-0.2, -0.15) is 8.42 Å². The second-order valence-corrected chi connectivity index (χ2v) is 8.05. The largest absolute Gasteiger partial charge is 0.412 e. The highest BCUT2D eigenvalue weighted by atomic mass is 32.3. The third-order valence-corrected chi connectivity index (χ3v) is 4.17. The molecule has 12 heteroatoms. The van der Waals surface area contributed by atoms with Gasteiger partial charge in [0.05, 0.1) is 6.26 Å². The number of rotatable bonds is 7. The van der Waals surface area contributed by atoms with Crippen LogP contribution >= 0.6 is 0 Å². The quantitative estimate of drug-likeness (QED) is 0.355. The second-order valence-electron chi connectivity index (χ2n) is 5.33. The maximum absolute atomic E-state index is 11.1. The molecule has 0 spiro atoms. The number of sulfonamides is 1. The summed E-state index contributed by atoms with van der Waals surface area (Å²) >= 11 is 0. The van der Waals surface area contributed by atoms with Crippen molar-refractivity contribution < 1.29 is 31.4 Å². The first-order valence-corrected chi connectivity index (χ1v) is 10.9. The Morgan fingerprint density at radius 1 is 1.15 bits per heavy atom. The van der Waals surface area contributed by atoms with E-state index in [0.29, 0.717) is 13.1 Å². The third-order valence-electron chi connectivity index (χ3n) is 3.44. The molecule has 0 radical (unpaired) electrons. The zero-order valence-electron chi connectivity index (χ0n) is 15.4. The highest BCUT2D eigenvalue weighted by Crippen LogP contribution is 2.28. The van der Waals surface area contributed by atoms with E-state index in [4.69, 9.17) is 23.3 Å². The Morgan fingerprint density at radius 3 is 2.04 bits per heavy atom. The average Bonchev–Trinajstić information content (AvgIpc) is 2.44. The molecule has 0 unspecified atom stereocenters. The maximum Gasteiger partial charge on any atom is 0.394 e. The van der Waals surface area contributed by atoms with E-state index >= 15 is 0 Å². The van der Waals surface area contributed by atoms with Crippen LogP contribution in [0.2, 0.25) is 0 Å². The van der Waals surface area contributed by atoms with Gasteiger partial charge in [-0.1, -0.05) is 6.92 Å². The van der Waals surface area contributed by atoms with E-state index in [0.717, 1.165) is 29.9 Å². The predicted octanol–water partition coefficient (Wildman–Crippen LogP) is 0.0376. The van der Waals surface area contributed by atoms with Crippen LogP contribution in [0.4, 0.5) is 11.4 Å². The SMILES string of the molecule is CCc1c(N(CC)CCNS(C)(=O)=O)ccc(N)c1C.O.O=S(=O)(O)O. The van der Waals surface area contributed by atoms with Crippen molar-refractivity contribution in [2.45, 2.75) is 27.2 Å². The molecule has 7 N–H and O–H groups in total. The minimum atomic E-state index is -4.67.